The first-order valence-corrected chi connectivity index (χ1v) is 12.7. The summed E-state index contributed by atoms with van der Waals surface area (Å²) in [6, 6.07) is 1.21. The number of likely N-dealkylation sites (N-methyl/N-ethyl adjacent to an activating group) is 1. The lowest BCUT2D eigenvalue weighted by atomic mass is 9.58. The number of primary amides is 1. The van der Waals surface area contributed by atoms with Crippen molar-refractivity contribution in [2.45, 2.75) is 24.5 Å². The highest BCUT2D eigenvalue weighted by molar-refractivity contribution is 6.43. The van der Waals surface area contributed by atoms with E-state index in [-0.39, 0.29) is 61.4 Å². The average molecular weight is 556 g/mol. The summed E-state index contributed by atoms with van der Waals surface area (Å²) in [4.78, 5) is 68.2. The van der Waals surface area contributed by atoms with E-state index in [0.717, 1.165) is 6.07 Å². The van der Waals surface area contributed by atoms with Crippen LogP contribution >= 0.6 is 0 Å². The lowest BCUT2D eigenvalue weighted by Gasteiger charge is -2.50. The second kappa shape index (κ2) is 9.54. The van der Waals surface area contributed by atoms with Crippen LogP contribution in [0.1, 0.15) is 32.7 Å². The van der Waals surface area contributed by atoms with Crippen molar-refractivity contribution in [1.29, 1.82) is 0 Å². The van der Waals surface area contributed by atoms with E-state index in [1.807, 2.05) is 0 Å². The Morgan fingerprint density at radius 2 is 1.75 bits per heavy atom. The Bertz CT molecular complexity index is 1440. The molecular formula is C27H29N3O10. The molecule has 0 radical (unpaired) electrons. The highest BCUT2D eigenvalue weighted by Crippen LogP contribution is 2.52. The monoisotopic (exact) mass is 555 g/mol. The van der Waals surface area contributed by atoms with Crippen LogP contribution < -0.4 is 5.73 Å². The lowest BCUT2D eigenvalue weighted by molar-refractivity contribution is -0.148. The standard InChI is InChI=1S/C27H29N3O10/c1-29(2)19-14-10-11-9-13-12(20(32)26(38)30-5-7-40-8-6-30)3-4-15(31)17(13)21(33)16(11)23(35)27(14,39)24(36)18(22(19)34)25(28)37/h3-4,11,14,19,31,34-35,39H,5-10H2,1-2H3,(H2,28,37). The number of benzene rings is 1. The number of phenolic OH excluding ortho intramolecular Hbond substituents is 1. The number of ether oxygens (including phenoxy) is 1. The maximum absolute atomic E-state index is 13.8. The van der Waals surface area contributed by atoms with Crippen LogP contribution in [0.15, 0.2) is 34.8 Å². The molecule has 1 fully saturated rings. The van der Waals surface area contributed by atoms with E-state index in [1.54, 1.807) is 0 Å². The lowest BCUT2D eigenvalue weighted by Crippen LogP contribution is -2.63. The molecule has 0 saturated carbocycles. The zero-order valence-corrected chi connectivity index (χ0v) is 21.8. The number of hydrogen-bond acceptors (Lipinski definition) is 11. The number of ketones is 3. The highest BCUT2D eigenvalue weighted by Gasteiger charge is 2.63. The van der Waals surface area contributed by atoms with E-state index >= 15 is 0 Å². The summed E-state index contributed by atoms with van der Waals surface area (Å²) >= 11 is 0. The highest BCUT2D eigenvalue weighted by atomic mass is 16.5. The normalized spacial score (nSPS) is 28.3. The molecule has 4 unspecified atom stereocenters. The van der Waals surface area contributed by atoms with Crippen LogP contribution in [0.4, 0.5) is 0 Å². The first-order chi connectivity index (χ1) is 18.8. The van der Waals surface area contributed by atoms with Crippen molar-refractivity contribution in [3.05, 3.63) is 51.5 Å². The third kappa shape index (κ3) is 3.76. The van der Waals surface area contributed by atoms with Crippen molar-refractivity contribution in [3.63, 3.8) is 0 Å². The summed E-state index contributed by atoms with van der Waals surface area (Å²) in [5.41, 5.74) is 1.00. The Hall–Kier alpha value is -4.07. The zero-order chi connectivity index (χ0) is 29.3. The number of hydrogen-bond donors (Lipinski definition) is 5. The zero-order valence-electron chi connectivity index (χ0n) is 21.8. The summed E-state index contributed by atoms with van der Waals surface area (Å²) in [6.07, 6.45) is -0.229. The molecule has 6 N–H and O–H groups in total. The smallest absolute Gasteiger partial charge is 0.295 e. The fraction of sp³-hybridized carbons (Fsp3) is 0.444. The molecule has 0 aromatic heterocycles. The Morgan fingerprint density at radius 1 is 1.10 bits per heavy atom. The molecule has 4 aliphatic rings. The molecule has 3 aliphatic carbocycles. The SMILES string of the molecule is CN(C)C1C(O)=C(C(N)=O)C(=O)C2(O)C(O)=C3C(=O)c4c(O)ccc(C(=O)C(=O)N5CCOCC5)c4CC3CC12. The number of carbonyl (C=O) groups is 5. The van der Waals surface area contributed by atoms with Gasteiger partial charge in [-0.1, -0.05) is 0 Å². The summed E-state index contributed by atoms with van der Waals surface area (Å²) < 4.78 is 5.23. The largest absolute Gasteiger partial charge is 0.510 e. The van der Waals surface area contributed by atoms with E-state index in [9.17, 15) is 44.4 Å². The molecule has 0 bridgehead atoms. The van der Waals surface area contributed by atoms with Gasteiger partial charge in [-0.15, -0.1) is 0 Å². The summed E-state index contributed by atoms with van der Waals surface area (Å²) in [6.45, 7) is 0.986. The van der Waals surface area contributed by atoms with Crippen molar-refractivity contribution >= 4 is 29.2 Å². The van der Waals surface area contributed by atoms with Crippen molar-refractivity contribution in [2.24, 2.45) is 17.6 Å². The third-order valence-electron chi connectivity index (χ3n) is 8.34. The van der Waals surface area contributed by atoms with Crippen molar-refractivity contribution < 1.29 is 49.1 Å². The number of nitrogens with zero attached hydrogens (tertiary/aromatic N) is 2. The minimum atomic E-state index is -2.76. The number of amides is 2. The van der Waals surface area contributed by atoms with Crippen LogP contribution in [0, 0.1) is 11.8 Å². The Morgan fingerprint density at radius 3 is 2.35 bits per heavy atom. The number of allylic oxidation sites excluding steroid dienone is 1. The molecule has 4 atom stereocenters. The first-order valence-electron chi connectivity index (χ1n) is 12.7. The van der Waals surface area contributed by atoms with E-state index in [0.29, 0.717) is 0 Å². The van der Waals surface area contributed by atoms with Gasteiger partial charge in [-0.25, -0.2) is 0 Å². The maximum atomic E-state index is 13.8. The average Bonchev–Trinajstić information content (AvgIpc) is 2.90. The van der Waals surface area contributed by atoms with Gasteiger partial charge in [0.05, 0.1) is 24.8 Å². The van der Waals surface area contributed by atoms with Crippen molar-refractivity contribution in [2.75, 3.05) is 40.4 Å². The topological polar surface area (TPSA) is 208 Å². The number of fused-ring (bicyclic) bond motifs is 3. The van der Waals surface area contributed by atoms with Crippen LogP contribution in [0.5, 0.6) is 5.75 Å². The second-order valence-electron chi connectivity index (χ2n) is 10.7. The van der Waals surface area contributed by atoms with Gasteiger partial charge in [0.15, 0.2) is 11.4 Å². The van der Waals surface area contributed by atoms with Gasteiger partial charge in [0.2, 0.25) is 5.78 Å². The number of phenols is 1. The molecule has 1 aromatic rings. The maximum Gasteiger partial charge on any atom is 0.295 e. The predicted octanol–water partition coefficient (Wildman–Crippen LogP) is -0.838. The molecule has 1 saturated heterocycles. The van der Waals surface area contributed by atoms with Gasteiger partial charge >= 0.3 is 0 Å². The molecular weight excluding hydrogens is 526 g/mol. The number of Topliss-reactive ketones (excluding diaryl/α,β-unsaturated/α-hetero) is 3. The fourth-order valence-electron chi connectivity index (χ4n) is 6.49. The Labute approximate surface area is 228 Å². The molecule has 13 nitrogen and oxygen atoms in total. The van der Waals surface area contributed by atoms with E-state index in [2.05, 4.69) is 0 Å². The number of nitrogens with two attached hydrogens (primary N) is 1. The molecule has 1 aromatic carbocycles. The third-order valence-corrected chi connectivity index (χ3v) is 8.34. The number of carbonyl (C=O) groups excluding carboxylic acids is 5. The minimum absolute atomic E-state index is 0.0837. The van der Waals surface area contributed by atoms with Gasteiger partial charge in [0.25, 0.3) is 17.6 Å². The molecule has 5 rings (SSSR count). The molecule has 2 amide bonds. The first kappa shape index (κ1) is 27.5. The number of aliphatic hydroxyl groups is 3. The van der Waals surface area contributed by atoms with Crippen molar-refractivity contribution in [3.8, 4) is 5.75 Å². The van der Waals surface area contributed by atoms with E-state index < -0.39 is 75.5 Å². The van der Waals surface area contributed by atoms with Gasteiger partial charge in [0.1, 0.15) is 22.8 Å². The number of aromatic hydroxyl groups is 1. The van der Waals surface area contributed by atoms with Crippen LogP contribution in [0.2, 0.25) is 0 Å². The molecule has 212 valence electrons. The quantitative estimate of drug-likeness (QED) is 0.176. The van der Waals surface area contributed by atoms with Crippen LogP contribution in [-0.4, -0.2) is 111 Å². The van der Waals surface area contributed by atoms with Gasteiger partial charge in [-0.3, -0.25) is 28.9 Å². The summed E-state index contributed by atoms with van der Waals surface area (Å²) in [7, 11) is 3.05. The van der Waals surface area contributed by atoms with Crippen LogP contribution in [0.25, 0.3) is 0 Å². The number of rotatable bonds is 4. The summed E-state index contributed by atoms with van der Waals surface area (Å²) in [5.74, 6) is -9.52. The number of aliphatic hydroxyl groups excluding tert-OH is 2. The predicted molar refractivity (Wildman–Crippen MR) is 135 cm³/mol. The van der Waals surface area contributed by atoms with E-state index in [1.165, 1.54) is 30.0 Å². The molecule has 0 spiro atoms. The van der Waals surface area contributed by atoms with Crippen LogP contribution in [0.3, 0.4) is 0 Å². The number of morpholine rings is 1. The molecule has 1 heterocycles. The van der Waals surface area contributed by atoms with Gasteiger partial charge in [0, 0.05) is 30.1 Å². The summed E-state index contributed by atoms with van der Waals surface area (Å²) in [5, 5.41) is 44.4. The van der Waals surface area contributed by atoms with E-state index in [4.69, 9.17) is 10.5 Å². The molecule has 13 heteroatoms. The Balaban J connectivity index is 1.64. The molecule has 40 heavy (non-hydrogen) atoms. The Kier molecular flexibility index (Phi) is 6.56. The minimum Gasteiger partial charge on any atom is -0.510 e. The van der Waals surface area contributed by atoms with Gasteiger partial charge in [-0.2, -0.15) is 0 Å². The van der Waals surface area contributed by atoms with Gasteiger partial charge in [-0.05, 0) is 50.6 Å². The van der Waals surface area contributed by atoms with Crippen LogP contribution in [-0.2, 0) is 25.5 Å². The van der Waals surface area contributed by atoms with Gasteiger partial charge < -0.3 is 35.8 Å². The second-order valence-corrected chi connectivity index (χ2v) is 10.7. The fourth-order valence-corrected chi connectivity index (χ4v) is 6.49. The molecule has 1 aliphatic heterocycles. The van der Waals surface area contributed by atoms with Crippen molar-refractivity contribution in [1.82, 2.24) is 9.80 Å².